The van der Waals surface area contributed by atoms with Crippen molar-refractivity contribution in [2.75, 3.05) is 0 Å². The van der Waals surface area contributed by atoms with Gasteiger partial charge in [0.05, 0.1) is 0 Å². The first kappa shape index (κ1) is 24.5. The van der Waals surface area contributed by atoms with E-state index in [0.29, 0.717) is 11.8 Å². The van der Waals surface area contributed by atoms with Crippen LogP contribution in [0, 0.1) is 17.7 Å². The van der Waals surface area contributed by atoms with Crippen molar-refractivity contribution in [3.05, 3.63) is 120 Å². The average molecular weight is 461 g/mol. The maximum absolute atomic E-state index is 14.8. The number of hydrogen-bond acceptors (Lipinski definition) is 0. The highest BCUT2D eigenvalue weighted by Gasteiger charge is 2.07. The molecule has 0 bridgehead atoms. The molecule has 0 spiro atoms. The molecular formula is C34H33F. The lowest BCUT2D eigenvalue weighted by molar-refractivity contribution is 0.621. The van der Waals surface area contributed by atoms with Gasteiger partial charge in [-0.1, -0.05) is 98.7 Å². The van der Waals surface area contributed by atoms with E-state index in [1.54, 1.807) is 0 Å². The summed E-state index contributed by atoms with van der Waals surface area (Å²) >= 11 is 0. The predicted molar refractivity (Wildman–Crippen MR) is 148 cm³/mol. The Morgan fingerprint density at radius 3 is 2.14 bits per heavy atom. The maximum atomic E-state index is 14.8. The van der Waals surface area contributed by atoms with Crippen LogP contribution < -0.4 is 0 Å². The number of fused-ring (bicyclic) bond motifs is 1. The Bertz CT molecular complexity index is 1330. The maximum Gasteiger partial charge on any atom is 0.134 e. The lowest BCUT2D eigenvalue weighted by Crippen LogP contribution is -1.92. The molecule has 0 nitrogen and oxygen atoms in total. The van der Waals surface area contributed by atoms with Gasteiger partial charge in [-0.25, -0.2) is 4.39 Å². The molecule has 0 amide bonds. The number of rotatable bonds is 9. The quantitative estimate of drug-likeness (QED) is 0.133. The molecule has 0 aliphatic heterocycles. The summed E-state index contributed by atoms with van der Waals surface area (Å²) in [5, 5.41) is 1.52. The third-order valence-corrected chi connectivity index (χ3v) is 6.49. The van der Waals surface area contributed by atoms with E-state index in [1.807, 2.05) is 36.4 Å². The van der Waals surface area contributed by atoms with Crippen molar-refractivity contribution in [2.24, 2.45) is 0 Å². The Kier molecular flexibility index (Phi) is 8.53. The highest BCUT2D eigenvalue weighted by Crippen LogP contribution is 2.24. The van der Waals surface area contributed by atoms with Crippen molar-refractivity contribution < 1.29 is 4.39 Å². The van der Waals surface area contributed by atoms with Crippen molar-refractivity contribution in [2.45, 2.75) is 51.9 Å². The van der Waals surface area contributed by atoms with Crippen molar-refractivity contribution in [3.8, 4) is 23.0 Å². The fourth-order valence-electron chi connectivity index (χ4n) is 4.38. The van der Waals surface area contributed by atoms with Crippen molar-refractivity contribution in [1.82, 2.24) is 0 Å². The van der Waals surface area contributed by atoms with E-state index in [-0.39, 0.29) is 5.82 Å². The minimum absolute atomic E-state index is 0.135. The second-order valence-electron chi connectivity index (χ2n) is 9.14. The van der Waals surface area contributed by atoms with Crippen LogP contribution in [0.25, 0.3) is 21.9 Å². The average Bonchev–Trinajstić information content (AvgIpc) is 2.90. The van der Waals surface area contributed by atoms with Gasteiger partial charge in [0.15, 0.2) is 0 Å². The first-order valence-corrected chi connectivity index (χ1v) is 12.7. The number of hydrogen-bond donors (Lipinski definition) is 0. The van der Waals surface area contributed by atoms with Gasteiger partial charge in [0, 0.05) is 16.5 Å². The van der Waals surface area contributed by atoms with E-state index < -0.39 is 0 Å². The summed E-state index contributed by atoms with van der Waals surface area (Å²) in [6.45, 7) is 5.97. The molecule has 0 aromatic heterocycles. The molecule has 4 aromatic carbocycles. The summed E-state index contributed by atoms with van der Waals surface area (Å²) in [6, 6.07) is 26.9. The van der Waals surface area contributed by atoms with Crippen LogP contribution >= 0.6 is 0 Å². The van der Waals surface area contributed by atoms with Gasteiger partial charge in [-0.15, -0.1) is 6.58 Å². The molecule has 0 saturated heterocycles. The molecule has 0 heterocycles. The first-order chi connectivity index (χ1) is 17.2. The molecule has 1 heteroatoms. The summed E-state index contributed by atoms with van der Waals surface area (Å²) < 4.78 is 14.8. The normalized spacial score (nSPS) is 10.7. The zero-order valence-corrected chi connectivity index (χ0v) is 20.6. The number of aryl methyl sites for hydroxylation is 2. The van der Waals surface area contributed by atoms with Crippen LogP contribution in [-0.4, -0.2) is 0 Å². The summed E-state index contributed by atoms with van der Waals surface area (Å²) in [5.41, 5.74) is 6.42. The Morgan fingerprint density at radius 1 is 0.743 bits per heavy atom. The van der Waals surface area contributed by atoms with E-state index in [0.717, 1.165) is 34.9 Å². The van der Waals surface area contributed by atoms with Crippen molar-refractivity contribution in [1.29, 1.82) is 0 Å². The molecule has 4 rings (SSSR count). The standard InChI is InChI=1S/C34H33F/c1-3-5-7-8-9-26-13-18-29(19-14-26)30-20-15-27(16-21-30)11-12-28-17-24-33-32(25-28)23-22-31(34(33)35)10-6-4-2/h4,13-25H,2-3,5-10H2,1H3. The minimum atomic E-state index is -0.135. The van der Waals surface area contributed by atoms with E-state index in [9.17, 15) is 4.39 Å². The highest BCUT2D eigenvalue weighted by atomic mass is 19.1. The molecule has 0 aliphatic carbocycles. The van der Waals surface area contributed by atoms with Crippen molar-refractivity contribution >= 4 is 10.8 Å². The van der Waals surface area contributed by atoms with Gasteiger partial charge in [0.1, 0.15) is 5.82 Å². The Morgan fingerprint density at radius 2 is 1.43 bits per heavy atom. The predicted octanol–water partition coefficient (Wildman–Crippen LogP) is 9.29. The monoisotopic (exact) mass is 460 g/mol. The molecule has 0 atom stereocenters. The molecule has 0 unspecified atom stereocenters. The van der Waals surface area contributed by atoms with Gasteiger partial charge >= 0.3 is 0 Å². The Labute approximate surface area is 209 Å². The third-order valence-electron chi connectivity index (χ3n) is 6.49. The molecule has 4 aromatic rings. The summed E-state index contributed by atoms with van der Waals surface area (Å²) in [6.07, 6.45) is 9.61. The van der Waals surface area contributed by atoms with Gasteiger partial charge in [0.25, 0.3) is 0 Å². The van der Waals surface area contributed by atoms with Crippen LogP contribution in [0.15, 0.2) is 91.5 Å². The molecule has 176 valence electrons. The van der Waals surface area contributed by atoms with Crippen LogP contribution in [0.4, 0.5) is 4.39 Å². The molecule has 0 saturated carbocycles. The number of unbranched alkanes of at least 4 members (excludes halogenated alkanes) is 3. The Hall–Kier alpha value is -3.63. The summed E-state index contributed by atoms with van der Waals surface area (Å²) in [5.74, 6) is 6.34. The lowest BCUT2D eigenvalue weighted by atomic mass is 10.00. The summed E-state index contributed by atoms with van der Waals surface area (Å²) in [4.78, 5) is 0. The van der Waals surface area contributed by atoms with Gasteiger partial charge in [0.2, 0.25) is 0 Å². The van der Waals surface area contributed by atoms with Crippen LogP contribution in [-0.2, 0) is 12.8 Å². The van der Waals surface area contributed by atoms with Gasteiger partial charge in [-0.05, 0) is 77.6 Å². The molecule has 0 N–H and O–H groups in total. The number of halogens is 1. The fourth-order valence-corrected chi connectivity index (χ4v) is 4.38. The van der Waals surface area contributed by atoms with Crippen LogP contribution in [0.2, 0.25) is 0 Å². The SMILES string of the molecule is C=CCCc1ccc2cc(C#Cc3ccc(-c4ccc(CCCCCC)cc4)cc3)ccc2c1F. The van der Waals surface area contributed by atoms with Crippen molar-refractivity contribution in [3.63, 3.8) is 0 Å². The highest BCUT2D eigenvalue weighted by molar-refractivity contribution is 5.85. The Balaban J connectivity index is 1.43. The minimum Gasteiger partial charge on any atom is -0.206 e. The van der Waals surface area contributed by atoms with E-state index in [1.165, 1.54) is 42.4 Å². The molecule has 0 aliphatic rings. The van der Waals surface area contributed by atoms with Gasteiger partial charge < -0.3 is 0 Å². The third kappa shape index (κ3) is 6.49. The smallest absolute Gasteiger partial charge is 0.134 e. The lowest BCUT2D eigenvalue weighted by Gasteiger charge is -2.06. The second-order valence-corrected chi connectivity index (χ2v) is 9.14. The molecule has 0 radical (unpaired) electrons. The molecule has 0 fully saturated rings. The van der Waals surface area contributed by atoms with Crippen LogP contribution in [0.5, 0.6) is 0 Å². The van der Waals surface area contributed by atoms with E-state index in [2.05, 4.69) is 73.9 Å². The zero-order valence-electron chi connectivity index (χ0n) is 20.6. The largest absolute Gasteiger partial charge is 0.206 e. The van der Waals surface area contributed by atoms with Gasteiger partial charge in [-0.3, -0.25) is 0 Å². The van der Waals surface area contributed by atoms with E-state index >= 15 is 0 Å². The molecular weight excluding hydrogens is 427 g/mol. The zero-order chi connectivity index (χ0) is 24.5. The number of allylic oxidation sites excluding steroid dienone is 1. The van der Waals surface area contributed by atoms with E-state index in [4.69, 9.17) is 0 Å². The first-order valence-electron chi connectivity index (χ1n) is 12.7. The molecule has 35 heavy (non-hydrogen) atoms. The van der Waals surface area contributed by atoms with Gasteiger partial charge in [-0.2, -0.15) is 0 Å². The summed E-state index contributed by atoms with van der Waals surface area (Å²) in [7, 11) is 0. The second kappa shape index (κ2) is 12.2. The number of benzene rings is 4. The fraction of sp³-hybridized carbons (Fsp3) is 0.235. The topological polar surface area (TPSA) is 0 Å². The van der Waals surface area contributed by atoms with Crippen LogP contribution in [0.3, 0.4) is 0 Å². The van der Waals surface area contributed by atoms with Crippen LogP contribution in [0.1, 0.15) is 61.3 Å².